The van der Waals surface area contributed by atoms with Crippen LogP contribution in [-0.2, 0) is 5.41 Å². The maximum absolute atomic E-state index is 9.83. The lowest BCUT2D eigenvalue weighted by atomic mass is 9.67. The Kier molecular flexibility index (Phi) is 8.42. The molecule has 4 nitrogen and oxygen atoms in total. The molecule has 1 aromatic heterocycles. The molecule has 2 aliphatic carbocycles. The van der Waals surface area contributed by atoms with Gasteiger partial charge in [0.2, 0.25) is 0 Å². The average molecular weight is 719 g/mol. The Bertz CT molecular complexity index is 2760. The van der Waals surface area contributed by atoms with Gasteiger partial charge in [-0.1, -0.05) is 171 Å². The molecular weight excluding hydrogens is 681 g/mol. The summed E-state index contributed by atoms with van der Waals surface area (Å²) >= 11 is 0. The van der Waals surface area contributed by atoms with E-state index in [1.807, 2.05) is 42.5 Å². The van der Waals surface area contributed by atoms with Crippen LogP contribution < -0.4 is 0 Å². The van der Waals surface area contributed by atoms with Gasteiger partial charge in [0.05, 0.1) is 11.6 Å². The van der Waals surface area contributed by atoms with Crippen LogP contribution in [0.4, 0.5) is 0 Å². The second kappa shape index (κ2) is 14.0. The van der Waals surface area contributed by atoms with Crippen molar-refractivity contribution < 1.29 is 0 Å². The minimum absolute atomic E-state index is 0.0138. The number of nitrogens with zero attached hydrogens (tertiary/aromatic N) is 4. The first-order valence-corrected chi connectivity index (χ1v) is 19.5. The topological polar surface area (TPSA) is 62.5 Å². The van der Waals surface area contributed by atoms with Gasteiger partial charge < -0.3 is 0 Å². The molecule has 0 atom stereocenters. The average Bonchev–Trinajstić information content (AvgIpc) is 3.55. The molecule has 266 valence electrons. The SMILES string of the molecule is N#Cc1ccc2c(c1)C1(CCCCC1)c1cccc(-c3cccc(-c4ccc(-c5nc(-c6ccccc6)nc(-c6ccc(-c7ccccc7)cc6)n5)cc4)c3)c1-2. The van der Waals surface area contributed by atoms with Crippen LogP contribution in [-0.4, -0.2) is 15.0 Å². The first-order chi connectivity index (χ1) is 27.7. The molecule has 10 rings (SSSR count). The predicted molar refractivity (Wildman–Crippen MR) is 226 cm³/mol. The third-order valence-electron chi connectivity index (χ3n) is 11.8. The van der Waals surface area contributed by atoms with E-state index < -0.39 is 0 Å². The molecule has 0 unspecified atom stereocenters. The highest BCUT2D eigenvalue weighted by Gasteiger charge is 2.44. The highest BCUT2D eigenvalue weighted by molar-refractivity contribution is 5.94. The van der Waals surface area contributed by atoms with Crippen LogP contribution in [0, 0.1) is 11.3 Å². The van der Waals surface area contributed by atoms with E-state index in [2.05, 4.69) is 133 Å². The van der Waals surface area contributed by atoms with E-state index in [-0.39, 0.29) is 5.41 Å². The Morgan fingerprint density at radius 2 is 0.893 bits per heavy atom. The Morgan fingerprint density at radius 3 is 1.52 bits per heavy atom. The van der Waals surface area contributed by atoms with E-state index in [1.165, 1.54) is 58.2 Å². The summed E-state index contributed by atoms with van der Waals surface area (Å²) < 4.78 is 0. The zero-order valence-corrected chi connectivity index (χ0v) is 31.0. The zero-order valence-electron chi connectivity index (χ0n) is 31.0. The summed E-state index contributed by atoms with van der Waals surface area (Å²) in [6.07, 6.45) is 5.97. The van der Waals surface area contributed by atoms with Gasteiger partial charge in [0.25, 0.3) is 0 Å². The lowest BCUT2D eigenvalue weighted by Crippen LogP contribution is -2.28. The fraction of sp³-hybridized carbons (Fsp3) is 0.115. The summed E-state index contributed by atoms with van der Waals surface area (Å²) in [5.74, 6) is 1.92. The molecule has 2 aliphatic rings. The third kappa shape index (κ3) is 5.90. The second-order valence-electron chi connectivity index (χ2n) is 15.0. The van der Waals surface area contributed by atoms with E-state index in [1.54, 1.807) is 0 Å². The van der Waals surface area contributed by atoms with Crippen molar-refractivity contribution in [3.8, 4) is 84.7 Å². The Labute approximate surface area is 327 Å². The first-order valence-electron chi connectivity index (χ1n) is 19.5. The van der Waals surface area contributed by atoms with Gasteiger partial charge in [-0.15, -0.1) is 0 Å². The summed E-state index contributed by atoms with van der Waals surface area (Å²) in [4.78, 5) is 14.9. The zero-order chi connectivity index (χ0) is 37.5. The number of rotatable bonds is 6. The highest BCUT2D eigenvalue weighted by Crippen LogP contribution is 2.58. The Morgan fingerprint density at radius 1 is 0.393 bits per heavy atom. The second-order valence-corrected chi connectivity index (χ2v) is 15.0. The van der Waals surface area contributed by atoms with E-state index in [9.17, 15) is 5.26 Å². The van der Waals surface area contributed by atoms with Crippen LogP contribution in [0.2, 0.25) is 0 Å². The van der Waals surface area contributed by atoms with E-state index in [0.29, 0.717) is 17.5 Å². The van der Waals surface area contributed by atoms with Gasteiger partial charge in [0.1, 0.15) is 0 Å². The quantitative estimate of drug-likeness (QED) is 0.172. The number of hydrogen-bond donors (Lipinski definition) is 0. The van der Waals surface area contributed by atoms with Gasteiger partial charge in [-0.3, -0.25) is 0 Å². The van der Waals surface area contributed by atoms with Crippen molar-refractivity contribution >= 4 is 0 Å². The van der Waals surface area contributed by atoms with Gasteiger partial charge in [0.15, 0.2) is 17.5 Å². The maximum atomic E-state index is 9.83. The molecule has 1 spiro atoms. The van der Waals surface area contributed by atoms with Crippen LogP contribution in [0.25, 0.3) is 78.7 Å². The van der Waals surface area contributed by atoms with Crippen molar-refractivity contribution in [2.24, 2.45) is 0 Å². The van der Waals surface area contributed by atoms with Gasteiger partial charge in [-0.2, -0.15) is 5.26 Å². The lowest BCUT2D eigenvalue weighted by Gasteiger charge is -2.36. The van der Waals surface area contributed by atoms with Crippen molar-refractivity contribution in [2.75, 3.05) is 0 Å². The van der Waals surface area contributed by atoms with Crippen LogP contribution in [0.3, 0.4) is 0 Å². The number of fused-ring (bicyclic) bond motifs is 5. The van der Waals surface area contributed by atoms with Crippen LogP contribution in [0.15, 0.2) is 170 Å². The van der Waals surface area contributed by atoms with Crippen molar-refractivity contribution in [3.05, 3.63) is 187 Å². The monoisotopic (exact) mass is 718 g/mol. The summed E-state index contributed by atoms with van der Waals surface area (Å²) in [5.41, 5.74) is 16.0. The maximum Gasteiger partial charge on any atom is 0.164 e. The molecule has 7 aromatic carbocycles. The number of nitriles is 1. The molecule has 0 bridgehead atoms. The lowest BCUT2D eigenvalue weighted by molar-refractivity contribution is 0.353. The molecule has 0 N–H and O–H groups in total. The highest BCUT2D eigenvalue weighted by atomic mass is 15.0. The molecule has 1 fully saturated rings. The smallest absolute Gasteiger partial charge is 0.164 e. The minimum atomic E-state index is -0.0138. The molecule has 8 aromatic rings. The van der Waals surface area contributed by atoms with Crippen LogP contribution in [0.5, 0.6) is 0 Å². The number of hydrogen-bond acceptors (Lipinski definition) is 4. The van der Waals surface area contributed by atoms with Crippen LogP contribution >= 0.6 is 0 Å². The molecule has 56 heavy (non-hydrogen) atoms. The van der Waals surface area contributed by atoms with Gasteiger partial charge >= 0.3 is 0 Å². The standard InChI is InChI=1S/C52H38N4/c53-34-35-20-29-45-47(32-35)52(30-8-3-9-31-52)46-19-11-18-44(48(45)46)43-17-10-16-42(33-43)38-23-27-41(28-24-38)51-55-49(39-14-6-2-7-15-39)54-50(56-51)40-25-21-37(22-26-40)36-12-4-1-5-13-36/h1-2,4-7,10-29,32-33H,3,8-9,30-31H2. The summed E-state index contributed by atoms with van der Waals surface area (Å²) in [7, 11) is 0. The van der Waals surface area contributed by atoms with Gasteiger partial charge in [0, 0.05) is 22.1 Å². The molecule has 0 radical (unpaired) electrons. The molecular formula is C52H38N4. The Hall–Kier alpha value is -6.96. The van der Waals surface area contributed by atoms with Crippen molar-refractivity contribution in [1.29, 1.82) is 5.26 Å². The van der Waals surface area contributed by atoms with E-state index in [4.69, 9.17) is 15.0 Å². The number of benzene rings is 7. The minimum Gasteiger partial charge on any atom is -0.208 e. The molecule has 1 heterocycles. The van der Waals surface area contributed by atoms with Crippen molar-refractivity contribution in [3.63, 3.8) is 0 Å². The largest absolute Gasteiger partial charge is 0.208 e. The van der Waals surface area contributed by atoms with Crippen LogP contribution in [0.1, 0.15) is 48.8 Å². The van der Waals surface area contributed by atoms with E-state index >= 15 is 0 Å². The van der Waals surface area contributed by atoms with Gasteiger partial charge in [-0.25, -0.2) is 15.0 Å². The summed E-state index contributed by atoms with van der Waals surface area (Å²) in [6.45, 7) is 0. The third-order valence-corrected chi connectivity index (χ3v) is 11.8. The number of aromatic nitrogens is 3. The molecule has 0 aliphatic heterocycles. The molecule has 1 saturated carbocycles. The molecule has 0 amide bonds. The normalized spacial score (nSPS) is 13.8. The molecule has 4 heteroatoms. The Balaban J connectivity index is 1.00. The molecule has 0 saturated heterocycles. The van der Waals surface area contributed by atoms with Crippen molar-refractivity contribution in [2.45, 2.75) is 37.5 Å². The first kappa shape index (κ1) is 33.6. The van der Waals surface area contributed by atoms with Crippen molar-refractivity contribution in [1.82, 2.24) is 15.0 Å². The fourth-order valence-electron chi connectivity index (χ4n) is 9.02. The summed E-state index contributed by atoms with van der Waals surface area (Å²) in [5, 5.41) is 9.83. The van der Waals surface area contributed by atoms with Gasteiger partial charge in [-0.05, 0) is 86.7 Å². The summed E-state index contributed by atoms with van der Waals surface area (Å²) in [6, 6.07) is 62.0. The fourth-order valence-corrected chi connectivity index (χ4v) is 9.02. The predicted octanol–water partition coefficient (Wildman–Crippen LogP) is 13.0. The van der Waals surface area contributed by atoms with E-state index in [0.717, 1.165) is 51.8 Å².